The Kier molecular flexibility index (Phi) is 23.9. The minimum Gasteiger partial charge on any atom is -0.696 e. The van der Waals surface area contributed by atoms with Gasteiger partial charge in [0.25, 0.3) is 5.24 Å². The van der Waals surface area contributed by atoms with E-state index in [1.165, 1.54) is 10.1 Å². The van der Waals surface area contributed by atoms with Crippen molar-refractivity contribution in [2.75, 3.05) is 0 Å². The van der Waals surface area contributed by atoms with E-state index in [1.807, 2.05) is 39.8 Å². The number of thiocarbonyl (C=S) groups is 1. The van der Waals surface area contributed by atoms with Gasteiger partial charge in [-0.1, -0.05) is 12.8 Å². The summed E-state index contributed by atoms with van der Waals surface area (Å²) in [6.07, 6.45) is 0. The molecule has 40 heavy (non-hydrogen) atoms. The number of thiocyanates is 1. The average molecular weight is 635 g/mol. The molecule has 0 aliphatic rings. The van der Waals surface area contributed by atoms with Crippen molar-refractivity contribution in [1.29, 1.82) is 5.26 Å². The maximum atomic E-state index is 11.3. The van der Waals surface area contributed by atoms with E-state index in [0.717, 1.165) is 17.1 Å². The number of aromatic nitrogens is 6. The molecular weight excluding hydrogens is 603 g/mol. The molecule has 0 bridgehead atoms. The molecule has 3 aromatic rings. The van der Waals surface area contributed by atoms with Crippen molar-refractivity contribution < 1.29 is 70.9 Å². The largest absolute Gasteiger partial charge is 1.00 e. The zero-order valence-electron chi connectivity index (χ0n) is 22.8. The molecule has 0 unspecified atom stereocenters. The van der Waals surface area contributed by atoms with Gasteiger partial charge < -0.3 is 17.7 Å². The summed E-state index contributed by atoms with van der Waals surface area (Å²) >= 11 is 13.3. The predicted octanol–water partition coefficient (Wildman–Crippen LogP) is 1.61. The Balaban J connectivity index is -0.000000479. The maximum absolute atomic E-state index is 11.3. The summed E-state index contributed by atoms with van der Waals surface area (Å²) in [5.74, 6) is -1.31. The van der Waals surface area contributed by atoms with Crippen LogP contribution in [0.25, 0.3) is 0 Å². The third-order valence-electron chi connectivity index (χ3n) is 4.39. The Morgan fingerprint density at radius 3 is 1.52 bits per heavy atom. The van der Waals surface area contributed by atoms with E-state index in [4.69, 9.17) is 22.0 Å². The van der Waals surface area contributed by atoms with E-state index in [1.54, 1.807) is 34.5 Å². The molecule has 16 heteroatoms. The Bertz CT molecular complexity index is 1280. The molecule has 0 saturated carbocycles. The van der Waals surface area contributed by atoms with Crippen LogP contribution < -0.4 is 51.4 Å². The quantitative estimate of drug-likeness (QED) is 0.105. The van der Waals surface area contributed by atoms with Crippen molar-refractivity contribution in [3.8, 4) is 5.40 Å². The first-order chi connectivity index (χ1) is 17.9. The van der Waals surface area contributed by atoms with E-state index < -0.39 is 17.1 Å². The van der Waals surface area contributed by atoms with Crippen LogP contribution in [0.15, 0.2) is 23.2 Å². The fraction of sp³-hybridized carbons (Fsp3) is 0.417. The van der Waals surface area contributed by atoms with E-state index >= 15 is 0 Å². The van der Waals surface area contributed by atoms with Gasteiger partial charge in [0.05, 0.1) is 22.2 Å². The van der Waals surface area contributed by atoms with Gasteiger partial charge in [-0.25, -0.2) is 10.1 Å². The minimum absolute atomic E-state index is 0. The second-order valence-electron chi connectivity index (χ2n) is 7.14. The molecule has 12 nitrogen and oxygen atoms in total. The summed E-state index contributed by atoms with van der Waals surface area (Å²) in [5, 5.41) is 30.9. The molecule has 3 aromatic heterocycles. The first-order valence-electron chi connectivity index (χ1n) is 11.1. The number of aryl methyl sites for hydroxylation is 6. The van der Waals surface area contributed by atoms with E-state index in [9.17, 15) is 14.4 Å². The second kappa shape index (κ2) is 22.6. The number of carboxylic acid groups (broad SMARTS) is 1. The number of carbonyl (C=O) groups excluding carboxylic acids is 2. The van der Waals surface area contributed by atoms with Crippen LogP contribution in [0.4, 0.5) is 0 Å². The zero-order valence-corrected chi connectivity index (χ0v) is 28.3. The van der Waals surface area contributed by atoms with Gasteiger partial charge in [-0.15, -0.1) is 0 Å². The van der Waals surface area contributed by atoms with Crippen molar-refractivity contribution in [2.24, 2.45) is 4.99 Å². The van der Waals surface area contributed by atoms with Gasteiger partial charge in [0.2, 0.25) is 0 Å². The van der Waals surface area contributed by atoms with Crippen LogP contribution in [0.5, 0.6) is 0 Å². The zero-order chi connectivity index (χ0) is 29.4. The number of nitrogens with zero attached hydrogens (tertiary/aromatic N) is 8. The van der Waals surface area contributed by atoms with E-state index in [2.05, 4.69) is 45.1 Å². The molecule has 0 aliphatic heterocycles. The van der Waals surface area contributed by atoms with E-state index in [-0.39, 0.29) is 64.5 Å². The fourth-order valence-electron chi connectivity index (χ4n) is 2.96. The third kappa shape index (κ3) is 14.5. The molecule has 0 fully saturated rings. The van der Waals surface area contributed by atoms with Gasteiger partial charge in [-0.05, 0) is 83.6 Å². The summed E-state index contributed by atoms with van der Waals surface area (Å²) in [6.45, 7) is 13.0. The van der Waals surface area contributed by atoms with Crippen LogP contribution in [0.2, 0.25) is 0 Å². The molecule has 3 heterocycles. The SMILES string of the molecule is C.CCn1nc(C)cc1C(=O)Cl.CCn1nc(C)cc1C(=O)N=C=S.CCn1nc(C)cc1C(=O)O.N#C[S-].[K+]. The van der Waals surface area contributed by atoms with Gasteiger partial charge in [0.15, 0.2) is 0 Å². The standard InChI is InChI=1S/C8H9N3OS.C7H9ClN2O.C7H10N2O2.CHNS.CH4.K/c1-3-11-7(4-6(2)10-11)8(12)9-5-13;1-3-10-6(7(8)11)4-5(2)9-10;1-3-9-6(7(10)11)4-5(2)8-9;2-1-3;;/h4H,3H2,1-2H3;4H,3H2,1-2H3;4H,3H2,1-2H3,(H,10,11);3H;1H4;/q;;;;;+1/p-1. The topological polar surface area (TPSA) is 161 Å². The number of carboxylic acids is 1. The van der Waals surface area contributed by atoms with Crippen molar-refractivity contribution in [3.05, 3.63) is 52.4 Å². The summed E-state index contributed by atoms with van der Waals surface area (Å²) in [5.41, 5.74) is 3.53. The molecule has 0 radical (unpaired) electrons. The van der Waals surface area contributed by atoms with Gasteiger partial charge in [0, 0.05) is 19.6 Å². The molecule has 1 amide bonds. The number of halogens is 1. The monoisotopic (exact) mass is 634 g/mol. The molecule has 0 saturated heterocycles. The third-order valence-corrected chi connectivity index (χ3v) is 4.68. The Morgan fingerprint density at radius 2 is 1.25 bits per heavy atom. The Labute approximate surface area is 292 Å². The van der Waals surface area contributed by atoms with Crippen LogP contribution in [-0.4, -0.2) is 56.7 Å². The molecular formula is C24H32ClKN8O4S2. The summed E-state index contributed by atoms with van der Waals surface area (Å²) in [6, 6.07) is 4.92. The summed E-state index contributed by atoms with van der Waals surface area (Å²) in [4.78, 5) is 35.9. The van der Waals surface area contributed by atoms with Crippen LogP contribution in [0, 0.1) is 31.4 Å². The number of amides is 1. The van der Waals surface area contributed by atoms with Gasteiger partial charge in [0.1, 0.15) is 17.1 Å². The van der Waals surface area contributed by atoms with Crippen molar-refractivity contribution in [1.82, 2.24) is 29.3 Å². The number of aliphatic imine (C=N–C) groups is 1. The van der Waals surface area contributed by atoms with Gasteiger partial charge in [-0.2, -0.15) is 20.3 Å². The molecule has 0 spiro atoms. The normalized spacial score (nSPS) is 8.75. The van der Waals surface area contributed by atoms with Crippen molar-refractivity contribution in [3.63, 3.8) is 0 Å². The maximum Gasteiger partial charge on any atom is 1.00 e. The summed E-state index contributed by atoms with van der Waals surface area (Å²) < 4.78 is 4.65. The van der Waals surface area contributed by atoms with Crippen molar-refractivity contribution >= 4 is 58.7 Å². The Hall–Kier alpha value is -2.12. The number of nitriles is 1. The number of aromatic carboxylic acids is 1. The molecule has 0 aliphatic carbocycles. The van der Waals surface area contributed by atoms with Crippen LogP contribution in [0.3, 0.4) is 0 Å². The first-order valence-corrected chi connectivity index (χ1v) is 12.3. The first kappa shape index (κ1) is 42.3. The van der Waals surface area contributed by atoms with E-state index in [0.29, 0.717) is 31.0 Å². The predicted molar refractivity (Wildman–Crippen MR) is 154 cm³/mol. The molecule has 1 N–H and O–H groups in total. The number of carbonyl (C=O) groups is 3. The smallest absolute Gasteiger partial charge is 0.696 e. The van der Waals surface area contributed by atoms with Crippen LogP contribution in [0.1, 0.15) is 76.7 Å². The molecule has 3 rings (SSSR count). The number of rotatable bonds is 6. The van der Waals surface area contributed by atoms with Crippen LogP contribution >= 0.6 is 23.8 Å². The minimum atomic E-state index is -0.924. The number of hydrogen-bond donors (Lipinski definition) is 1. The Morgan fingerprint density at radius 1 is 0.925 bits per heavy atom. The van der Waals surface area contributed by atoms with Gasteiger partial charge >= 0.3 is 63.3 Å². The number of hydrogen-bond acceptors (Lipinski definition) is 9. The average Bonchev–Trinajstić information content (AvgIpc) is 3.56. The van der Waals surface area contributed by atoms with Crippen molar-refractivity contribution in [2.45, 2.75) is 68.6 Å². The molecule has 212 valence electrons. The fourth-order valence-corrected chi connectivity index (χ4v) is 3.20. The second-order valence-corrected chi connectivity index (χ2v) is 7.85. The van der Waals surface area contributed by atoms with Crippen LogP contribution in [-0.2, 0) is 32.3 Å². The van der Waals surface area contributed by atoms with Gasteiger partial charge in [-0.3, -0.25) is 23.6 Å². The molecule has 0 aromatic carbocycles. The number of isothiocyanates is 1. The molecule has 0 atom stereocenters. The summed E-state index contributed by atoms with van der Waals surface area (Å²) in [7, 11) is 0.